The maximum absolute atomic E-state index is 12.8. The number of anilines is 1. The molecule has 29 heavy (non-hydrogen) atoms. The van der Waals surface area contributed by atoms with Gasteiger partial charge in [-0.05, 0) is 74.5 Å². The normalized spacial score (nSPS) is 29.8. The molecule has 8 nitrogen and oxygen atoms in total. The second kappa shape index (κ2) is 6.45. The number of rotatable bonds is 4. The van der Waals surface area contributed by atoms with Gasteiger partial charge in [-0.2, -0.15) is 5.10 Å². The Morgan fingerprint density at radius 1 is 1.24 bits per heavy atom. The highest BCUT2D eigenvalue weighted by Gasteiger charge is 2.53. The van der Waals surface area contributed by atoms with E-state index in [1.165, 1.54) is 43.7 Å². The van der Waals surface area contributed by atoms with E-state index in [1.807, 2.05) is 0 Å². The highest BCUT2D eigenvalue weighted by molar-refractivity contribution is 6.31. The largest absolute Gasteiger partial charge is 0.506 e. The van der Waals surface area contributed by atoms with Crippen molar-refractivity contribution in [1.29, 1.82) is 0 Å². The molecule has 0 aliphatic heterocycles. The van der Waals surface area contributed by atoms with Crippen molar-refractivity contribution >= 4 is 28.9 Å². The standard InChI is InChI=1S/C20H21ClN4O4/c21-14-1-2-17(26)15(6-14)22-19(27)18-16(25(28)29)10-24(23-18)20-7-11-3-12(8-20)5-13(4-11)9-20/h1-2,6,10-13,26H,3-5,7-9H2,(H,22,27). The molecule has 0 unspecified atom stereocenters. The first-order valence-electron chi connectivity index (χ1n) is 9.87. The summed E-state index contributed by atoms with van der Waals surface area (Å²) in [5.41, 5.74) is -0.706. The molecule has 4 saturated carbocycles. The quantitative estimate of drug-likeness (QED) is 0.438. The summed E-state index contributed by atoms with van der Waals surface area (Å²) in [5.74, 6) is 1.02. The topological polar surface area (TPSA) is 110 Å². The maximum Gasteiger partial charge on any atom is 0.320 e. The molecule has 0 atom stereocenters. The zero-order valence-corrected chi connectivity index (χ0v) is 16.4. The molecule has 6 rings (SSSR count). The van der Waals surface area contributed by atoms with Crippen LogP contribution in [0.25, 0.3) is 0 Å². The molecule has 2 N–H and O–H groups in total. The molecule has 1 amide bonds. The number of amides is 1. The Hall–Kier alpha value is -2.61. The first-order valence-corrected chi connectivity index (χ1v) is 10.3. The van der Waals surface area contributed by atoms with Gasteiger partial charge in [-0.15, -0.1) is 0 Å². The van der Waals surface area contributed by atoms with Crippen LogP contribution in [-0.4, -0.2) is 25.7 Å². The van der Waals surface area contributed by atoms with Crippen LogP contribution in [0.15, 0.2) is 24.4 Å². The Labute approximate surface area is 172 Å². The van der Waals surface area contributed by atoms with Crippen molar-refractivity contribution in [3.63, 3.8) is 0 Å². The van der Waals surface area contributed by atoms with Gasteiger partial charge in [-0.3, -0.25) is 19.6 Å². The van der Waals surface area contributed by atoms with E-state index >= 15 is 0 Å². The zero-order chi connectivity index (χ0) is 20.3. The molecule has 1 aromatic carbocycles. The summed E-state index contributed by atoms with van der Waals surface area (Å²) in [6.07, 6.45) is 8.04. The van der Waals surface area contributed by atoms with E-state index in [9.17, 15) is 20.0 Å². The highest BCUT2D eigenvalue weighted by Crippen LogP contribution is 2.58. The van der Waals surface area contributed by atoms with Crippen molar-refractivity contribution in [1.82, 2.24) is 9.78 Å². The molecular formula is C20H21ClN4O4. The first-order chi connectivity index (χ1) is 13.8. The van der Waals surface area contributed by atoms with E-state index in [2.05, 4.69) is 10.4 Å². The number of nitrogens with one attached hydrogen (secondary N) is 1. The predicted molar refractivity (Wildman–Crippen MR) is 106 cm³/mol. The second-order valence-electron chi connectivity index (χ2n) is 8.82. The SMILES string of the molecule is O=C(Nc1cc(Cl)ccc1O)c1nn(C23CC4CC(CC(C4)C2)C3)cc1[N+](=O)[O-]. The molecule has 9 heteroatoms. The van der Waals surface area contributed by atoms with E-state index in [4.69, 9.17) is 11.6 Å². The molecule has 1 aromatic heterocycles. The molecule has 2 aromatic rings. The van der Waals surface area contributed by atoms with Crippen LogP contribution < -0.4 is 5.32 Å². The number of aromatic hydroxyl groups is 1. The number of nitro groups is 1. The minimum absolute atomic E-state index is 0.0844. The predicted octanol–water partition coefficient (Wildman–Crippen LogP) is 4.33. The number of carbonyl (C=O) groups excluding carboxylic acids is 1. The van der Waals surface area contributed by atoms with Gasteiger partial charge in [0, 0.05) is 5.02 Å². The van der Waals surface area contributed by atoms with Gasteiger partial charge in [0.25, 0.3) is 5.91 Å². The van der Waals surface area contributed by atoms with Gasteiger partial charge < -0.3 is 10.4 Å². The molecule has 1 heterocycles. The fraction of sp³-hybridized carbons (Fsp3) is 0.500. The van der Waals surface area contributed by atoms with Crippen molar-refractivity contribution in [2.24, 2.45) is 17.8 Å². The number of benzene rings is 1. The fourth-order valence-corrected chi connectivity index (χ4v) is 6.21. The third-order valence-electron chi connectivity index (χ3n) is 6.81. The summed E-state index contributed by atoms with van der Waals surface area (Å²) in [6, 6.07) is 4.22. The van der Waals surface area contributed by atoms with Gasteiger partial charge in [0.2, 0.25) is 5.69 Å². The van der Waals surface area contributed by atoms with Crippen molar-refractivity contribution < 1.29 is 14.8 Å². The van der Waals surface area contributed by atoms with E-state index in [1.54, 1.807) is 4.68 Å². The number of hydrogen-bond acceptors (Lipinski definition) is 5. The Bertz CT molecular complexity index is 983. The number of halogens is 1. The zero-order valence-electron chi connectivity index (χ0n) is 15.7. The van der Waals surface area contributed by atoms with Crippen LogP contribution in [-0.2, 0) is 5.54 Å². The fourth-order valence-electron chi connectivity index (χ4n) is 6.04. The van der Waals surface area contributed by atoms with Crippen LogP contribution in [0.4, 0.5) is 11.4 Å². The number of phenols is 1. The van der Waals surface area contributed by atoms with Gasteiger partial charge >= 0.3 is 5.69 Å². The average Bonchev–Trinajstić information content (AvgIpc) is 3.10. The van der Waals surface area contributed by atoms with Gasteiger partial charge in [0.05, 0.1) is 16.1 Å². The molecule has 4 aliphatic carbocycles. The molecule has 0 spiro atoms. The Morgan fingerprint density at radius 3 is 2.45 bits per heavy atom. The molecule has 152 valence electrons. The smallest absolute Gasteiger partial charge is 0.320 e. The summed E-state index contributed by atoms with van der Waals surface area (Å²) in [5, 5.41) is 28.8. The lowest BCUT2D eigenvalue weighted by Gasteiger charge is -2.56. The van der Waals surface area contributed by atoms with E-state index in [0.717, 1.165) is 19.3 Å². The highest BCUT2D eigenvalue weighted by atomic mass is 35.5. The van der Waals surface area contributed by atoms with Crippen LogP contribution in [0.5, 0.6) is 5.75 Å². The minimum atomic E-state index is -0.738. The molecule has 4 bridgehead atoms. The van der Waals surface area contributed by atoms with E-state index in [0.29, 0.717) is 22.8 Å². The number of aromatic nitrogens is 2. The van der Waals surface area contributed by atoms with Crippen molar-refractivity contribution in [2.45, 2.75) is 44.1 Å². The first kappa shape index (κ1) is 18.4. The number of phenolic OH excluding ortho intramolecular Hbond substituents is 1. The van der Waals surface area contributed by atoms with E-state index < -0.39 is 10.8 Å². The summed E-state index contributed by atoms with van der Waals surface area (Å²) >= 11 is 5.92. The van der Waals surface area contributed by atoms with Crippen LogP contribution >= 0.6 is 11.6 Å². The maximum atomic E-state index is 12.8. The summed E-state index contributed by atoms with van der Waals surface area (Å²) in [6.45, 7) is 0. The van der Waals surface area contributed by atoms with Crippen LogP contribution in [0.3, 0.4) is 0 Å². The lowest BCUT2D eigenvalue weighted by Crippen LogP contribution is -2.52. The summed E-state index contributed by atoms with van der Waals surface area (Å²) in [4.78, 5) is 23.9. The lowest BCUT2D eigenvalue weighted by molar-refractivity contribution is -0.385. The van der Waals surface area contributed by atoms with Crippen molar-refractivity contribution in [3.05, 3.63) is 45.2 Å². The van der Waals surface area contributed by atoms with E-state index in [-0.39, 0.29) is 28.4 Å². The third-order valence-corrected chi connectivity index (χ3v) is 7.04. The molecule has 4 aliphatic rings. The van der Waals surface area contributed by atoms with Crippen molar-refractivity contribution in [3.8, 4) is 5.75 Å². The van der Waals surface area contributed by atoms with Crippen LogP contribution in [0, 0.1) is 27.9 Å². The number of nitrogens with zero attached hydrogens (tertiary/aromatic N) is 3. The van der Waals surface area contributed by atoms with Crippen LogP contribution in [0.2, 0.25) is 5.02 Å². The number of carbonyl (C=O) groups is 1. The second-order valence-corrected chi connectivity index (χ2v) is 9.26. The Balaban J connectivity index is 1.49. The Kier molecular flexibility index (Phi) is 4.10. The van der Waals surface area contributed by atoms with Crippen molar-refractivity contribution in [2.75, 3.05) is 5.32 Å². The monoisotopic (exact) mass is 416 g/mol. The third kappa shape index (κ3) is 3.06. The molecule has 4 fully saturated rings. The van der Waals surface area contributed by atoms with Crippen LogP contribution in [0.1, 0.15) is 49.0 Å². The molecule has 0 saturated heterocycles. The van der Waals surface area contributed by atoms with Gasteiger partial charge in [-0.25, -0.2) is 0 Å². The molecule has 0 radical (unpaired) electrons. The van der Waals surface area contributed by atoms with Gasteiger partial charge in [0.15, 0.2) is 0 Å². The molecular weight excluding hydrogens is 396 g/mol. The van der Waals surface area contributed by atoms with Gasteiger partial charge in [-0.1, -0.05) is 11.6 Å². The Morgan fingerprint density at radius 2 is 1.86 bits per heavy atom. The minimum Gasteiger partial charge on any atom is -0.506 e. The summed E-state index contributed by atoms with van der Waals surface area (Å²) < 4.78 is 1.70. The summed E-state index contributed by atoms with van der Waals surface area (Å²) in [7, 11) is 0. The lowest BCUT2D eigenvalue weighted by atomic mass is 9.53. The van der Waals surface area contributed by atoms with Gasteiger partial charge in [0.1, 0.15) is 11.9 Å². The number of hydrogen-bond donors (Lipinski definition) is 2. The average molecular weight is 417 g/mol.